The van der Waals surface area contributed by atoms with Gasteiger partial charge in [-0.2, -0.15) is 0 Å². The fourth-order valence-corrected chi connectivity index (χ4v) is 2.66. The molecule has 0 radical (unpaired) electrons. The van der Waals surface area contributed by atoms with Crippen molar-refractivity contribution >= 4 is 5.96 Å². The molecule has 0 atom stereocenters. The van der Waals surface area contributed by atoms with E-state index in [1.165, 1.54) is 5.56 Å². The molecule has 0 amide bonds. The molecule has 1 aliphatic rings. The summed E-state index contributed by atoms with van der Waals surface area (Å²) >= 11 is 0. The van der Waals surface area contributed by atoms with Gasteiger partial charge in [-0.1, -0.05) is 30.3 Å². The van der Waals surface area contributed by atoms with Gasteiger partial charge >= 0.3 is 0 Å². The second-order valence-corrected chi connectivity index (χ2v) is 6.03. The van der Waals surface area contributed by atoms with Crippen LogP contribution in [0.5, 0.6) is 0 Å². The van der Waals surface area contributed by atoms with Gasteiger partial charge in [0, 0.05) is 39.3 Å². The van der Waals surface area contributed by atoms with E-state index in [0.717, 1.165) is 64.9 Å². The molecule has 0 aromatic heterocycles. The Kier molecular flexibility index (Phi) is 10.00. The van der Waals surface area contributed by atoms with Crippen molar-refractivity contribution in [3.05, 3.63) is 35.9 Å². The van der Waals surface area contributed by atoms with E-state index >= 15 is 0 Å². The Hall–Kier alpha value is -1.63. The number of hydrogen-bond acceptors (Lipinski definition) is 4. The highest BCUT2D eigenvalue weighted by Gasteiger charge is 2.08. The summed E-state index contributed by atoms with van der Waals surface area (Å²) in [5.41, 5.74) is 1.20. The molecule has 1 heterocycles. The van der Waals surface area contributed by atoms with Gasteiger partial charge in [0.1, 0.15) is 0 Å². The molecule has 0 aliphatic carbocycles. The lowest BCUT2D eigenvalue weighted by atomic mass is 10.2. The van der Waals surface area contributed by atoms with E-state index in [4.69, 9.17) is 9.47 Å². The van der Waals surface area contributed by atoms with Crippen molar-refractivity contribution in [2.75, 3.05) is 59.1 Å². The zero-order valence-electron chi connectivity index (χ0n) is 15.4. The molecule has 1 saturated heterocycles. The number of ether oxygens (including phenoxy) is 2. The van der Waals surface area contributed by atoms with E-state index in [2.05, 4.69) is 39.6 Å². The summed E-state index contributed by atoms with van der Waals surface area (Å²) in [5, 5.41) is 6.61. The lowest BCUT2D eigenvalue weighted by Gasteiger charge is -2.26. The molecular weight excluding hydrogens is 316 g/mol. The first-order valence-corrected chi connectivity index (χ1v) is 9.32. The second kappa shape index (κ2) is 12.7. The first-order chi connectivity index (χ1) is 12.4. The van der Waals surface area contributed by atoms with Crippen LogP contribution in [0.2, 0.25) is 0 Å². The summed E-state index contributed by atoms with van der Waals surface area (Å²) < 4.78 is 11.1. The maximum absolute atomic E-state index is 5.69. The third-order valence-corrected chi connectivity index (χ3v) is 4.00. The lowest BCUT2D eigenvalue weighted by molar-refractivity contribution is 0.0377. The average molecular weight is 348 g/mol. The van der Waals surface area contributed by atoms with E-state index in [0.29, 0.717) is 13.2 Å². The third-order valence-electron chi connectivity index (χ3n) is 4.00. The van der Waals surface area contributed by atoms with Crippen LogP contribution in [0, 0.1) is 0 Å². The molecule has 1 aromatic rings. The van der Waals surface area contributed by atoms with E-state index in [9.17, 15) is 0 Å². The first kappa shape index (κ1) is 19.7. The van der Waals surface area contributed by atoms with Crippen LogP contribution in [0.15, 0.2) is 35.3 Å². The van der Waals surface area contributed by atoms with Crippen LogP contribution in [0.4, 0.5) is 0 Å². The number of hydrogen-bond donors (Lipinski definition) is 2. The quantitative estimate of drug-likeness (QED) is 0.381. The monoisotopic (exact) mass is 348 g/mol. The van der Waals surface area contributed by atoms with Gasteiger partial charge < -0.3 is 20.1 Å². The predicted molar refractivity (Wildman–Crippen MR) is 102 cm³/mol. The molecule has 0 bridgehead atoms. The van der Waals surface area contributed by atoms with Crippen molar-refractivity contribution in [2.24, 2.45) is 4.99 Å². The number of morpholine rings is 1. The Balaban J connectivity index is 1.56. The molecular formula is C19H32N4O2. The zero-order chi connectivity index (χ0) is 17.6. The summed E-state index contributed by atoms with van der Waals surface area (Å²) in [5.74, 6) is 0.868. The molecule has 6 nitrogen and oxygen atoms in total. The van der Waals surface area contributed by atoms with E-state index in [1.807, 2.05) is 18.2 Å². The van der Waals surface area contributed by atoms with Crippen LogP contribution in [0.3, 0.4) is 0 Å². The lowest BCUT2D eigenvalue weighted by Crippen LogP contribution is -2.39. The Bertz CT molecular complexity index is 476. The molecule has 2 N–H and O–H groups in total. The molecule has 1 aromatic carbocycles. The Morgan fingerprint density at radius 3 is 2.76 bits per heavy atom. The summed E-state index contributed by atoms with van der Waals surface area (Å²) in [6, 6.07) is 10.2. The van der Waals surface area contributed by atoms with Gasteiger partial charge in [-0.3, -0.25) is 9.89 Å². The summed E-state index contributed by atoms with van der Waals surface area (Å²) in [4.78, 5) is 7.08. The Morgan fingerprint density at radius 1 is 1.20 bits per heavy atom. The van der Waals surface area contributed by atoms with Gasteiger partial charge in [0.25, 0.3) is 0 Å². The van der Waals surface area contributed by atoms with Gasteiger partial charge in [-0.15, -0.1) is 0 Å². The maximum Gasteiger partial charge on any atom is 0.191 e. The number of nitrogens with zero attached hydrogens (tertiary/aromatic N) is 2. The van der Waals surface area contributed by atoms with Gasteiger partial charge in [0.05, 0.1) is 26.4 Å². The van der Waals surface area contributed by atoms with Crippen molar-refractivity contribution in [3.8, 4) is 0 Å². The Labute approximate surface area is 151 Å². The average Bonchev–Trinajstić information content (AvgIpc) is 2.66. The second-order valence-electron chi connectivity index (χ2n) is 6.03. The summed E-state index contributed by atoms with van der Waals surface area (Å²) in [7, 11) is 0. The maximum atomic E-state index is 5.69. The molecule has 140 valence electrons. The minimum atomic E-state index is 0.649. The Morgan fingerprint density at radius 2 is 2.00 bits per heavy atom. The third kappa shape index (κ3) is 8.86. The summed E-state index contributed by atoms with van der Waals surface area (Å²) in [6.45, 7) is 10.7. The SMILES string of the molecule is CCNC(=NCCCN1CCOCC1)NCCOCc1ccccc1. The largest absolute Gasteiger partial charge is 0.379 e. The predicted octanol–water partition coefficient (Wildman–Crippen LogP) is 1.48. The van der Waals surface area contributed by atoms with E-state index in [-0.39, 0.29) is 0 Å². The highest BCUT2D eigenvalue weighted by Crippen LogP contribution is 2.00. The number of nitrogens with one attached hydrogen (secondary N) is 2. The van der Waals surface area contributed by atoms with E-state index < -0.39 is 0 Å². The van der Waals surface area contributed by atoms with Crippen LogP contribution in [-0.2, 0) is 16.1 Å². The zero-order valence-corrected chi connectivity index (χ0v) is 15.4. The van der Waals surface area contributed by atoms with Crippen LogP contribution in [0.1, 0.15) is 18.9 Å². The fourth-order valence-electron chi connectivity index (χ4n) is 2.66. The minimum Gasteiger partial charge on any atom is -0.379 e. The van der Waals surface area contributed by atoms with Crippen molar-refractivity contribution in [1.29, 1.82) is 0 Å². The van der Waals surface area contributed by atoms with Crippen molar-refractivity contribution < 1.29 is 9.47 Å². The fraction of sp³-hybridized carbons (Fsp3) is 0.632. The molecule has 0 spiro atoms. The van der Waals surface area contributed by atoms with Gasteiger partial charge in [-0.05, 0) is 18.9 Å². The van der Waals surface area contributed by atoms with Crippen molar-refractivity contribution in [2.45, 2.75) is 20.0 Å². The van der Waals surface area contributed by atoms with Crippen LogP contribution in [0.25, 0.3) is 0 Å². The van der Waals surface area contributed by atoms with Crippen LogP contribution < -0.4 is 10.6 Å². The van der Waals surface area contributed by atoms with Gasteiger partial charge in [0.15, 0.2) is 5.96 Å². The number of guanidine groups is 1. The van der Waals surface area contributed by atoms with Crippen LogP contribution >= 0.6 is 0 Å². The molecule has 25 heavy (non-hydrogen) atoms. The highest BCUT2D eigenvalue weighted by atomic mass is 16.5. The minimum absolute atomic E-state index is 0.649. The molecule has 6 heteroatoms. The van der Waals surface area contributed by atoms with Crippen molar-refractivity contribution in [3.63, 3.8) is 0 Å². The highest BCUT2D eigenvalue weighted by molar-refractivity contribution is 5.79. The number of rotatable bonds is 10. The molecule has 1 aliphatic heterocycles. The van der Waals surface area contributed by atoms with Gasteiger partial charge in [-0.25, -0.2) is 0 Å². The smallest absolute Gasteiger partial charge is 0.191 e. The molecule has 1 fully saturated rings. The topological polar surface area (TPSA) is 58.1 Å². The number of benzene rings is 1. The normalized spacial score (nSPS) is 16.0. The van der Waals surface area contributed by atoms with E-state index in [1.54, 1.807) is 0 Å². The van der Waals surface area contributed by atoms with Crippen molar-refractivity contribution in [1.82, 2.24) is 15.5 Å². The van der Waals surface area contributed by atoms with Crippen LogP contribution in [-0.4, -0.2) is 69.9 Å². The van der Waals surface area contributed by atoms with Gasteiger partial charge in [0.2, 0.25) is 0 Å². The molecule has 0 saturated carbocycles. The standard InChI is InChI=1S/C19H32N4O2/c1-2-20-19(21-9-6-11-23-12-15-24-16-13-23)22-10-14-25-17-18-7-4-3-5-8-18/h3-5,7-8H,2,6,9-17H2,1H3,(H2,20,21,22). The number of aliphatic imine (C=N–C) groups is 1. The summed E-state index contributed by atoms with van der Waals surface area (Å²) in [6.07, 6.45) is 1.07. The molecule has 0 unspecified atom stereocenters. The molecule has 2 rings (SSSR count). The first-order valence-electron chi connectivity index (χ1n) is 9.32.